The summed E-state index contributed by atoms with van der Waals surface area (Å²) in [6.07, 6.45) is 3.54. The van der Waals surface area contributed by atoms with Gasteiger partial charge in [0.2, 0.25) is 0 Å². The number of hydrogen-bond donors (Lipinski definition) is 0. The molecule has 0 fully saturated rings. The average molecular weight is 486 g/mol. The summed E-state index contributed by atoms with van der Waals surface area (Å²) in [7, 11) is 0. The first-order valence-corrected chi connectivity index (χ1v) is 8.34. The van der Waals surface area contributed by atoms with Crippen LogP contribution >= 0.6 is 0 Å². The molecule has 2 aromatic heterocycles. The quantitative estimate of drug-likeness (QED) is 0.260. The van der Waals surface area contributed by atoms with Crippen molar-refractivity contribution in [1.29, 1.82) is 0 Å². The van der Waals surface area contributed by atoms with Gasteiger partial charge in [0.25, 0.3) is 0 Å². The van der Waals surface area contributed by atoms with E-state index in [0.29, 0.717) is 10.8 Å². The number of pyridine rings is 2. The van der Waals surface area contributed by atoms with Gasteiger partial charge in [-0.25, -0.2) is 0 Å². The summed E-state index contributed by atoms with van der Waals surface area (Å²) in [5.41, 5.74) is 1.11. The molecule has 0 saturated heterocycles. The minimum atomic E-state index is -1.52. The summed E-state index contributed by atoms with van der Waals surface area (Å²) in [6, 6.07) is 21.0. The largest absolute Gasteiger partial charge is 2.00 e. The molecule has 0 aliphatic heterocycles. The summed E-state index contributed by atoms with van der Waals surface area (Å²) in [5.74, 6) is -3.05. The fourth-order valence-electron chi connectivity index (χ4n) is 2.61. The van der Waals surface area contributed by atoms with Gasteiger partial charge in [0.1, 0.15) is 0 Å². The zero-order valence-electron chi connectivity index (χ0n) is 16.7. The number of rotatable bonds is 3. The molecular weight excluding hydrogens is 463 g/mol. The average Bonchev–Trinajstić information content (AvgIpc) is 2.74. The van der Waals surface area contributed by atoms with E-state index in [4.69, 9.17) is 0 Å². The van der Waals surface area contributed by atoms with Crippen LogP contribution in [0.25, 0.3) is 22.2 Å². The Morgan fingerprint density at radius 3 is 1.22 bits per heavy atom. The van der Waals surface area contributed by atoms with Crippen LogP contribution in [0.2, 0.25) is 0 Å². The van der Waals surface area contributed by atoms with Gasteiger partial charge in [-0.2, -0.15) is 0 Å². The number of carboxylic acids is 2. The van der Waals surface area contributed by atoms with E-state index in [1.54, 1.807) is 36.7 Å². The molecule has 0 amide bonds. The van der Waals surface area contributed by atoms with E-state index in [2.05, 4.69) is 9.97 Å². The van der Waals surface area contributed by atoms with Crippen LogP contribution in [-0.4, -0.2) is 21.9 Å². The number of nitrogens with zero attached hydrogens (tertiary/aromatic N) is 2. The van der Waals surface area contributed by atoms with Gasteiger partial charge >= 0.3 is 16.5 Å². The fraction of sp³-hybridized carbons (Fsp3) is 0. The van der Waals surface area contributed by atoms with Crippen molar-refractivity contribution in [2.45, 2.75) is 0 Å². The molecule has 32 heavy (non-hydrogen) atoms. The van der Waals surface area contributed by atoms with E-state index in [1.165, 1.54) is 12.1 Å². The fourth-order valence-corrected chi connectivity index (χ4v) is 2.61. The maximum atomic E-state index is 10.8. The third-order valence-electron chi connectivity index (χ3n) is 3.92. The predicted molar refractivity (Wildman–Crippen MR) is 115 cm³/mol. The molecule has 0 aliphatic carbocycles. The number of aromatic nitrogens is 2. The minimum absolute atomic E-state index is 0. The summed E-state index contributed by atoms with van der Waals surface area (Å²) < 4.78 is 0. The standard InChI is InChI=1S/C12H8O4.C10H8N2.Ni.3H2O/c13-11(14)9-5-7-3-1-2-4-8(7)6-10(9)12(15)16;1-3-7-11-9(5-1)10-6-2-4-8-12-10;;;;/h1-6H,(H,13,14)(H,15,16);1-8H;;3*1H2/q;;+2;;;/p+1. The number of benzene rings is 2. The van der Waals surface area contributed by atoms with Crippen LogP contribution in [0.4, 0.5) is 0 Å². The Bertz CT molecular complexity index is 1040. The smallest absolute Gasteiger partial charge is 0.545 e. The van der Waals surface area contributed by atoms with Gasteiger partial charge in [-0.1, -0.05) is 36.4 Å². The summed E-state index contributed by atoms with van der Waals surface area (Å²) in [6.45, 7) is 0. The van der Waals surface area contributed by atoms with E-state index in [-0.39, 0.29) is 44.0 Å². The monoisotopic (exact) mass is 485 g/mol. The van der Waals surface area contributed by atoms with E-state index >= 15 is 0 Å². The van der Waals surface area contributed by atoms with Crippen molar-refractivity contribution < 1.29 is 52.7 Å². The molecular formula is C22H23N2NiO7+3. The second-order valence-corrected chi connectivity index (χ2v) is 5.75. The van der Waals surface area contributed by atoms with Gasteiger partial charge in [0.15, 0.2) is 0 Å². The molecule has 2 heterocycles. The molecule has 0 bridgehead atoms. The number of fused-ring (bicyclic) bond motifs is 1. The molecule has 4 rings (SSSR count). The van der Waals surface area contributed by atoms with Crippen molar-refractivity contribution in [3.8, 4) is 11.4 Å². The van der Waals surface area contributed by atoms with Crippen molar-refractivity contribution in [3.05, 3.63) is 96.3 Å². The molecule has 0 aliphatic rings. The second kappa shape index (κ2) is 14.3. The Kier molecular flexibility index (Phi) is 13.7. The first-order chi connectivity index (χ1) is 13.6. The molecule has 2 aromatic carbocycles. The summed E-state index contributed by atoms with van der Waals surface area (Å²) in [5, 5.41) is 22.8. The topological polar surface area (TPSA) is 205 Å². The summed E-state index contributed by atoms with van der Waals surface area (Å²) in [4.78, 5) is 29.9. The van der Waals surface area contributed by atoms with Gasteiger partial charge in [-0.3, -0.25) is 9.97 Å². The maximum absolute atomic E-state index is 10.8. The van der Waals surface area contributed by atoms with Crippen LogP contribution in [0, 0.1) is 0 Å². The van der Waals surface area contributed by atoms with Gasteiger partial charge in [0, 0.05) is 23.5 Å². The molecule has 0 unspecified atom stereocenters. The number of carboxylic acid groups (broad SMARTS) is 2. The van der Waals surface area contributed by atoms with Crippen molar-refractivity contribution in [3.63, 3.8) is 0 Å². The first-order valence-electron chi connectivity index (χ1n) is 8.34. The maximum Gasteiger partial charge on any atom is 2.00 e. The Hall–Kier alpha value is -3.69. The van der Waals surface area contributed by atoms with Crippen molar-refractivity contribution in [1.82, 2.24) is 9.97 Å². The van der Waals surface area contributed by atoms with Crippen LogP contribution in [0.1, 0.15) is 20.7 Å². The van der Waals surface area contributed by atoms with Gasteiger partial charge in [-0.15, -0.1) is 0 Å². The first kappa shape index (κ1) is 30.5. The Balaban J connectivity index is 0. The van der Waals surface area contributed by atoms with E-state index in [9.17, 15) is 19.8 Å². The van der Waals surface area contributed by atoms with Gasteiger partial charge < -0.3 is 36.2 Å². The zero-order valence-corrected chi connectivity index (χ0v) is 17.6. The molecule has 0 radical (unpaired) electrons. The number of hydrogen-bond acceptors (Lipinski definition) is 6. The Morgan fingerprint density at radius 2 is 0.938 bits per heavy atom. The van der Waals surface area contributed by atoms with Crippen LogP contribution in [-0.2, 0) is 32.9 Å². The van der Waals surface area contributed by atoms with Crippen LogP contribution in [0.15, 0.2) is 85.2 Å². The minimum Gasteiger partial charge on any atom is -0.545 e. The predicted octanol–water partition coefficient (Wildman–Crippen LogP) is -1.06. The summed E-state index contributed by atoms with van der Waals surface area (Å²) >= 11 is 0. The Morgan fingerprint density at radius 1 is 0.594 bits per heavy atom. The third kappa shape index (κ3) is 7.53. The number of carbonyl (C=O) groups excluding carboxylic acids is 2. The van der Waals surface area contributed by atoms with Crippen molar-refractivity contribution in [2.75, 3.05) is 0 Å². The normalized spacial score (nSPS) is 8.75. The zero-order chi connectivity index (χ0) is 19.9. The Labute approximate surface area is 193 Å². The number of carbonyl (C=O) groups is 2. The molecule has 0 saturated carbocycles. The van der Waals surface area contributed by atoms with Crippen molar-refractivity contribution in [2.24, 2.45) is 0 Å². The van der Waals surface area contributed by atoms with E-state index in [1.807, 2.05) is 36.4 Å². The molecule has 9 N–H and O–H groups in total. The molecule has 0 atom stereocenters. The van der Waals surface area contributed by atoms with Crippen molar-refractivity contribution >= 4 is 22.7 Å². The van der Waals surface area contributed by atoms with Gasteiger partial charge in [0.05, 0.1) is 23.3 Å². The second-order valence-electron chi connectivity index (χ2n) is 5.75. The third-order valence-corrected chi connectivity index (χ3v) is 3.92. The van der Waals surface area contributed by atoms with Crippen LogP contribution in [0.5, 0.6) is 0 Å². The van der Waals surface area contributed by atoms with Gasteiger partial charge in [-0.05, 0) is 47.2 Å². The molecule has 170 valence electrons. The van der Waals surface area contributed by atoms with E-state index in [0.717, 1.165) is 11.4 Å². The van der Waals surface area contributed by atoms with Crippen LogP contribution in [0.3, 0.4) is 0 Å². The molecule has 4 aromatic rings. The SMILES string of the molecule is O=C([O-])c1cc2ccccc2cc1C(=O)[O-].[Ni+2].[OH3+].[OH3+].[OH3+].c1ccc(-c2ccccn2)nc1. The number of aromatic carboxylic acids is 2. The van der Waals surface area contributed by atoms with E-state index < -0.39 is 11.9 Å². The molecule has 0 spiro atoms. The molecule has 9 nitrogen and oxygen atoms in total. The van der Waals surface area contributed by atoms with Crippen LogP contribution < -0.4 is 10.2 Å². The molecule has 10 heteroatoms.